The third-order valence-corrected chi connectivity index (χ3v) is 6.22. The van der Waals surface area contributed by atoms with Gasteiger partial charge < -0.3 is 10.1 Å². The molecular formula is C19H24N2O4S2. The summed E-state index contributed by atoms with van der Waals surface area (Å²) in [4.78, 5) is 13.3. The minimum Gasteiger partial charge on any atom is -0.496 e. The second-order valence-electron chi connectivity index (χ2n) is 5.78. The first-order valence-corrected chi connectivity index (χ1v) is 11.0. The van der Waals surface area contributed by atoms with Crippen LogP contribution in [0.5, 0.6) is 5.75 Å². The number of benzene rings is 2. The molecule has 2 aromatic carbocycles. The smallest absolute Gasteiger partial charge is 0.255 e. The average molecular weight is 409 g/mol. The number of ether oxygens (including phenoxy) is 1. The Balaban J connectivity index is 2.03. The van der Waals surface area contributed by atoms with E-state index in [4.69, 9.17) is 4.74 Å². The van der Waals surface area contributed by atoms with Crippen molar-refractivity contribution in [2.75, 3.05) is 26.0 Å². The van der Waals surface area contributed by atoms with Gasteiger partial charge >= 0.3 is 0 Å². The van der Waals surface area contributed by atoms with Gasteiger partial charge in [0.05, 0.1) is 17.6 Å². The highest BCUT2D eigenvalue weighted by molar-refractivity contribution is 7.99. The first-order chi connectivity index (χ1) is 12.9. The molecule has 146 valence electrons. The minimum absolute atomic E-state index is 0.0323. The van der Waals surface area contributed by atoms with Crippen LogP contribution in [0.15, 0.2) is 52.3 Å². The number of aryl methyl sites for hydroxylation is 1. The van der Waals surface area contributed by atoms with Crippen molar-refractivity contribution < 1.29 is 17.9 Å². The quantitative estimate of drug-likeness (QED) is 0.492. The Morgan fingerprint density at radius 3 is 2.48 bits per heavy atom. The van der Waals surface area contributed by atoms with E-state index >= 15 is 0 Å². The molecule has 2 N–H and O–H groups in total. The molecule has 6 nitrogen and oxygen atoms in total. The van der Waals surface area contributed by atoms with E-state index < -0.39 is 10.0 Å². The number of hydrogen-bond donors (Lipinski definition) is 2. The molecule has 27 heavy (non-hydrogen) atoms. The zero-order valence-electron chi connectivity index (χ0n) is 15.6. The van der Waals surface area contributed by atoms with Crippen LogP contribution in [-0.2, 0) is 10.0 Å². The highest BCUT2D eigenvalue weighted by Crippen LogP contribution is 2.23. The largest absolute Gasteiger partial charge is 0.496 e. The van der Waals surface area contributed by atoms with E-state index in [1.54, 1.807) is 18.7 Å². The fraction of sp³-hybridized carbons (Fsp3) is 0.316. The SMILES string of the molecule is CCNC(=O)c1cc(S(=O)(=O)NCCSc2ccc(C)cc2)ccc1OC. The van der Waals surface area contributed by atoms with Crippen LogP contribution >= 0.6 is 11.8 Å². The Hall–Kier alpha value is -2.03. The predicted molar refractivity (Wildman–Crippen MR) is 108 cm³/mol. The lowest BCUT2D eigenvalue weighted by molar-refractivity contribution is 0.0952. The summed E-state index contributed by atoms with van der Waals surface area (Å²) in [6.07, 6.45) is 0. The van der Waals surface area contributed by atoms with Crippen molar-refractivity contribution in [3.05, 3.63) is 53.6 Å². The van der Waals surface area contributed by atoms with Gasteiger partial charge in [-0.05, 0) is 44.2 Å². The molecule has 2 aromatic rings. The normalized spacial score (nSPS) is 11.2. The lowest BCUT2D eigenvalue weighted by Gasteiger charge is -2.12. The van der Waals surface area contributed by atoms with Crippen molar-refractivity contribution in [1.29, 1.82) is 0 Å². The minimum atomic E-state index is -3.72. The maximum Gasteiger partial charge on any atom is 0.255 e. The molecule has 0 aliphatic carbocycles. The molecule has 8 heteroatoms. The summed E-state index contributed by atoms with van der Waals surface area (Å²) < 4.78 is 32.8. The number of rotatable bonds is 9. The number of methoxy groups -OCH3 is 1. The number of hydrogen-bond acceptors (Lipinski definition) is 5. The van der Waals surface area contributed by atoms with Crippen LogP contribution in [0.2, 0.25) is 0 Å². The summed E-state index contributed by atoms with van der Waals surface area (Å²) in [5, 5.41) is 2.65. The Kier molecular flexibility index (Phi) is 7.70. The van der Waals surface area contributed by atoms with Gasteiger partial charge in [-0.3, -0.25) is 4.79 Å². The third kappa shape index (κ3) is 5.98. The number of thioether (sulfide) groups is 1. The summed E-state index contributed by atoms with van der Waals surface area (Å²) in [5.74, 6) is 0.554. The van der Waals surface area contributed by atoms with Gasteiger partial charge in [-0.2, -0.15) is 0 Å². The maximum absolute atomic E-state index is 12.5. The van der Waals surface area contributed by atoms with Crippen LogP contribution in [-0.4, -0.2) is 40.3 Å². The van der Waals surface area contributed by atoms with Gasteiger partial charge in [0.1, 0.15) is 5.75 Å². The molecule has 0 heterocycles. The Morgan fingerprint density at radius 1 is 1.15 bits per heavy atom. The molecule has 0 aliphatic rings. The summed E-state index contributed by atoms with van der Waals surface area (Å²) in [6.45, 7) is 4.53. The van der Waals surface area contributed by atoms with Crippen LogP contribution in [0.3, 0.4) is 0 Å². The molecule has 0 atom stereocenters. The van der Waals surface area contributed by atoms with Crippen LogP contribution in [0.4, 0.5) is 0 Å². The third-order valence-electron chi connectivity index (χ3n) is 3.75. The lowest BCUT2D eigenvalue weighted by atomic mass is 10.2. The zero-order chi connectivity index (χ0) is 19.9. The Labute approximate surface area is 164 Å². The lowest BCUT2D eigenvalue weighted by Crippen LogP contribution is -2.27. The average Bonchev–Trinajstić information content (AvgIpc) is 2.66. The predicted octanol–water partition coefficient (Wildman–Crippen LogP) is 2.82. The van der Waals surface area contributed by atoms with E-state index in [0.717, 1.165) is 4.90 Å². The van der Waals surface area contributed by atoms with Gasteiger partial charge in [0, 0.05) is 23.7 Å². The molecule has 1 amide bonds. The van der Waals surface area contributed by atoms with E-state index in [2.05, 4.69) is 10.0 Å². The summed E-state index contributed by atoms with van der Waals surface area (Å²) in [7, 11) is -2.28. The molecule has 0 saturated carbocycles. The van der Waals surface area contributed by atoms with Gasteiger partial charge in [0.25, 0.3) is 5.91 Å². The number of carbonyl (C=O) groups excluding carboxylic acids is 1. The van der Waals surface area contributed by atoms with Crippen molar-refractivity contribution in [2.24, 2.45) is 0 Å². The van der Waals surface area contributed by atoms with Gasteiger partial charge in [0.15, 0.2) is 0 Å². The van der Waals surface area contributed by atoms with E-state index in [0.29, 0.717) is 18.0 Å². The van der Waals surface area contributed by atoms with Gasteiger partial charge in [-0.25, -0.2) is 13.1 Å². The first kappa shape index (κ1) is 21.3. The second-order valence-corrected chi connectivity index (χ2v) is 8.72. The van der Waals surface area contributed by atoms with Crippen LogP contribution < -0.4 is 14.8 Å². The number of amides is 1. The summed E-state index contributed by atoms with van der Waals surface area (Å²) >= 11 is 1.57. The van der Waals surface area contributed by atoms with Gasteiger partial charge in [-0.15, -0.1) is 11.8 Å². The van der Waals surface area contributed by atoms with Crippen LogP contribution in [0.1, 0.15) is 22.8 Å². The molecule has 0 aliphatic heterocycles. The highest BCUT2D eigenvalue weighted by atomic mass is 32.2. The van der Waals surface area contributed by atoms with Gasteiger partial charge in [0.2, 0.25) is 10.0 Å². The molecule has 0 fully saturated rings. The van der Waals surface area contributed by atoms with Crippen molar-refractivity contribution in [1.82, 2.24) is 10.0 Å². The summed E-state index contributed by atoms with van der Waals surface area (Å²) in [5.41, 5.74) is 1.37. The first-order valence-electron chi connectivity index (χ1n) is 8.52. The molecule has 0 spiro atoms. The number of carbonyl (C=O) groups is 1. The van der Waals surface area contributed by atoms with E-state index in [9.17, 15) is 13.2 Å². The molecule has 2 rings (SSSR count). The zero-order valence-corrected chi connectivity index (χ0v) is 17.2. The van der Waals surface area contributed by atoms with E-state index in [-0.39, 0.29) is 22.9 Å². The standard InChI is InChI=1S/C19H24N2O4S2/c1-4-20-19(22)17-13-16(9-10-18(17)25-3)27(23,24)21-11-12-26-15-7-5-14(2)6-8-15/h5-10,13,21H,4,11-12H2,1-3H3,(H,20,22). The van der Waals surface area contributed by atoms with Crippen molar-refractivity contribution in [2.45, 2.75) is 23.6 Å². The molecule has 0 saturated heterocycles. The van der Waals surface area contributed by atoms with Gasteiger partial charge in [-0.1, -0.05) is 17.7 Å². The maximum atomic E-state index is 12.5. The van der Waals surface area contributed by atoms with Crippen molar-refractivity contribution in [3.8, 4) is 5.75 Å². The molecule has 0 unspecified atom stereocenters. The molecular weight excluding hydrogens is 384 g/mol. The monoisotopic (exact) mass is 408 g/mol. The molecule has 0 aromatic heterocycles. The van der Waals surface area contributed by atoms with Crippen LogP contribution in [0, 0.1) is 6.92 Å². The topological polar surface area (TPSA) is 84.5 Å². The second kappa shape index (κ2) is 9.77. The number of sulfonamides is 1. The Bertz CT molecular complexity index is 881. The van der Waals surface area contributed by atoms with Crippen LogP contribution in [0.25, 0.3) is 0 Å². The van der Waals surface area contributed by atoms with Crippen molar-refractivity contribution >= 4 is 27.7 Å². The molecule has 0 radical (unpaired) electrons. The van der Waals surface area contributed by atoms with Crippen molar-refractivity contribution in [3.63, 3.8) is 0 Å². The fourth-order valence-electron chi connectivity index (χ4n) is 2.35. The fourth-order valence-corrected chi connectivity index (χ4v) is 4.31. The van der Waals surface area contributed by atoms with E-state index in [1.807, 2.05) is 31.2 Å². The number of nitrogens with one attached hydrogen (secondary N) is 2. The summed E-state index contributed by atoms with van der Waals surface area (Å²) in [6, 6.07) is 12.3. The highest BCUT2D eigenvalue weighted by Gasteiger charge is 2.19. The Morgan fingerprint density at radius 2 is 1.85 bits per heavy atom. The molecule has 0 bridgehead atoms. The van der Waals surface area contributed by atoms with E-state index in [1.165, 1.54) is 30.9 Å².